The number of halogens is 3. The second kappa shape index (κ2) is 9.04. The van der Waals surface area contributed by atoms with Crippen LogP contribution in [-0.2, 0) is 4.79 Å². The van der Waals surface area contributed by atoms with Crippen LogP contribution in [0.3, 0.4) is 0 Å². The lowest BCUT2D eigenvalue weighted by molar-refractivity contribution is -0.122. The Hall–Kier alpha value is -2.33. The van der Waals surface area contributed by atoms with Crippen molar-refractivity contribution < 1.29 is 23.5 Å². The molecule has 6 nitrogen and oxygen atoms in total. The lowest BCUT2D eigenvalue weighted by Crippen LogP contribution is -2.37. The van der Waals surface area contributed by atoms with Crippen molar-refractivity contribution >= 4 is 69.4 Å². The molecule has 1 saturated heterocycles. The highest BCUT2D eigenvalue weighted by Gasteiger charge is 2.32. The van der Waals surface area contributed by atoms with Gasteiger partial charge in [0, 0.05) is 13.1 Å². The Labute approximate surface area is 196 Å². The maximum Gasteiger partial charge on any atom is 0.266 e. The molecular formula is C20H13Cl2FN2O4S2. The summed E-state index contributed by atoms with van der Waals surface area (Å²) in [5.74, 6) is -0.327. The molecule has 2 heterocycles. The Bertz CT molecular complexity index is 1140. The number of hydrogen-bond donors (Lipinski definition) is 1. The molecule has 160 valence electrons. The number of fused-ring (bicyclic) bond motifs is 1. The Kier molecular flexibility index (Phi) is 6.38. The van der Waals surface area contributed by atoms with E-state index in [-0.39, 0.29) is 41.4 Å². The van der Waals surface area contributed by atoms with Gasteiger partial charge in [-0.05, 0) is 35.9 Å². The number of ether oxygens (including phenoxy) is 2. The fourth-order valence-corrected chi connectivity index (χ4v) is 4.70. The van der Waals surface area contributed by atoms with Gasteiger partial charge in [-0.3, -0.25) is 14.5 Å². The molecule has 4 rings (SSSR count). The second-order valence-electron chi connectivity index (χ2n) is 6.45. The molecule has 2 amide bonds. The smallest absolute Gasteiger partial charge is 0.266 e. The van der Waals surface area contributed by atoms with Crippen LogP contribution >= 0.6 is 47.2 Å². The molecule has 2 aromatic carbocycles. The van der Waals surface area contributed by atoms with Crippen LogP contribution in [-0.4, -0.2) is 40.9 Å². The van der Waals surface area contributed by atoms with E-state index in [9.17, 15) is 14.0 Å². The monoisotopic (exact) mass is 498 g/mol. The summed E-state index contributed by atoms with van der Waals surface area (Å²) in [4.78, 5) is 26.9. The van der Waals surface area contributed by atoms with E-state index in [0.29, 0.717) is 20.7 Å². The quantitative estimate of drug-likeness (QED) is 0.372. The fraction of sp³-hybridized carbons (Fsp3) is 0.150. The first kappa shape index (κ1) is 21.9. The van der Waals surface area contributed by atoms with E-state index in [1.165, 1.54) is 16.7 Å². The van der Waals surface area contributed by atoms with Crippen LogP contribution in [0.4, 0.5) is 4.39 Å². The van der Waals surface area contributed by atoms with Gasteiger partial charge in [0.2, 0.25) is 6.79 Å². The summed E-state index contributed by atoms with van der Waals surface area (Å²) < 4.78 is 24.6. The number of thiocarbonyl (C=S) groups is 1. The molecule has 31 heavy (non-hydrogen) atoms. The molecule has 1 fully saturated rings. The maximum atomic E-state index is 13.6. The van der Waals surface area contributed by atoms with Crippen LogP contribution in [0.1, 0.15) is 15.9 Å². The Balaban J connectivity index is 1.38. The number of thioether (sulfide) groups is 1. The van der Waals surface area contributed by atoms with Gasteiger partial charge in [0.05, 0.1) is 20.5 Å². The summed E-state index contributed by atoms with van der Waals surface area (Å²) >= 11 is 18.1. The summed E-state index contributed by atoms with van der Waals surface area (Å²) in [7, 11) is 0. The Morgan fingerprint density at radius 2 is 2.00 bits per heavy atom. The van der Waals surface area contributed by atoms with Gasteiger partial charge in [-0.15, -0.1) is 0 Å². The number of carbonyl (C=O) groups excluding carboxylic acids is 2. The van der Waals surface area contributed by atoms with Crippen molar-refractivity contribution in [2.45, 2.75) is 0 Å². The van der Waals surface area contributed by atoms with Crippen LogP contribution in [0.5, 0.6) is 11.5 Å². The number of rotatable bonds is 5. The average molecular weight is 499 g/mol. The van der Waals surface area contributed by atoms with Crippen LogP contribution < -0.4 is 14.8 Å². The predicted molar refractivity (Wildman–Crippen MR) is 121 cm³/mol. The molecule has 2 aliphatic heterocycles. The molecule has 1 N–H and O–H groups in total. The summed E-state index contributed by atoms with van der Waals surface area (Å²) in [5, 5.41) is 2.46. The number of benzene rings is 2. The molecule has 0 saturated carbocycles. The highest BCUT2D eigenvalue weighted by Crippen LogP contribution is 2.36. The van der Waals surface area contributed by atoms with Crippen molar-refractivity contribution in [3.63, 3.8) is 0 Å². The van der Waals surface area contributed by atoms with Gasteiger partial charge in [-0.25, -0.2) is 4.39 Å². The highest BCUT2D eigenvalue weighted by atomic mass is 35.5. The van der Waals surface area contributed by atoms with Crippen LogP contribution in [0.15, 0.2) is 35.2 Å². The molecule has 2 aromatic rings. The van der Waals surface area contributed by atoms with Gasteiger partial charge in [-0.2, -0.15) is 0 Å². The topological polar surface area (TPSA) is 67.9 Å². The zero-order valence-corrected chi connectivity index (χ0v) is 18.8. The summed E-state index contributed by atoms with van der Waals surface area (Å²) in [5.41, 5.74) is 0.731. The van der Waals surface area contributed by atoms with Crippen molar-refractivity contribution in [3.8, 4) is 11.5 Å². The summed E-state index contributed by atoms with van der Waals surface area (Å²) in [6.45, 7) is 0.423. The van der Waals surface area contributed by atoms with Crippen molar-refractivity contribution in [1.29, 1.82) is 0 Å². The fourth-order valence-electron chi connectivity index (χ4n) is 2.92. The Morgan fingerprint density at radius 1 is 1.23 bits per heavy atom. The van der Waals surface area contributed by atoms with E-state index >= 15 is 0 Å². The van der Waals surface area contributed by atoms with Gasteiger partial charge in [0.15, 0.2) is 11.5 Å². The van der Waals surface area contributed by atoms with E-state index < -0.39 is 11.7 Å². The second-order valence-corrected chi connectivity index (χ2v) is 8.94. The number of amides is 2. The minimum absolute atomic E-state index is 0.0289. The standard InChI is InChI=1S/C20H13Cl2FN2O4S2/c21-12-8-13(22)14(23)7-11(12)18(26)24-3-4-25-19(27)17(31-20(25)30)6-10-1-2-15-16(5-10)29-9-28-15/h1-2,5-8H,3-4,9H2,(H,24,26)/b17-6+. The molecule has 0 aromatic heterocycles. The third kappa shape index (κ3) is 4.64. The number of carbonyl (C=O) groups is 2. The molecule has 2 aliphatic rings. The molecule has 0 unspecified atom stereocenters. The van der Waals surface area contributed by atoms with E-state index in [4.69, 9.17) is 44.9 Å². The first-order chi connectivity index (χ1) is 14.8. The van der Waals surface area contributed by atoms with Crippen LogP contribution in [0, 0.1) is 5.82 Å². The molecule has 0 atom stereocenters. The first-order valence-electron chi connectivity index (χ1n) is 8.91. The van der Waals surface area contributed by atoms with Gasteiger partial charge in [0.25, 0.3) is 11.8 Å². The molecule has 11 heteroatoms. The van der Waals surface area contributed by atoms with Gasteiger partial charge in [-0.1, -0.05) is 53.2 Å². The van der Waals surface area contributed by atoms with E-state index in [2.05, 4.69) is 5.32 Å². The zero-order valence-electron chi connectivity index (χ0n) is 15.6. The van der Waals surface area contributed by atoms with Crippen molar-refractivity contribution in [2.75, 3.05) is 19.9 Å². The van der Waals surface area contributed by atoms with E-state index in [1.54, 1.807) is 18.2 Å². The lowest BCUT2D eigenvalue weighted by Gasteiger charge is -2.15. The summed E-state index contributed by atoms with van der Waals surface area (Å²) in [6, 6.07) is 7.50. The minimum Gasteiger partial charge on any atom is -0.454 e. The zero-order chi connectivity index (χ0) is 22.1. The Morgan fingerprint density at radius 3 is 2.81 bits per heavy atom. The van der Waals surface area contributed by atoms with E-state index in [1.807, 2.05) is 6.07 Å². The van der Waals surface area contributed by atoms with Crippen LogP contribution in [0.2, 0.25) is 10.0 Å². The predicted octanol–water partition coefficient (Wildman–Crippen LogP) is 4.49. The lowest BCUT2D eigenvalue weighted by atomic mass is 10.2. The third-order valence-electron chi connectivity index (χ3n) is 4.44. The van der Waals surface area contributed by atoms with Crippen molar-refractivity contribution in [3.05, 3.63) is 62.2 Å². The maximum absolute atomic E-state index is 13.6. The molecule has 0 spiro atoms. The van der Waals surface area contributed by atoms with Crippen molar-refractivity contribution in [2.24, 2.45) is 0 Å². The third-order valence-corrected chi connectivity index (χ3v) is 6.42. The number of hydrogen-bond acceptors (Lipinski definition) is 6. The van der Waals surface area contributed by atoms with Crippen LogP contribution in [0.25, 0.3) is 6.08 Å². The van der Waals surface area contributed by atoms with E-state index in [0.717, 1.165) is 17.7 Å². The van der Waals surface area contributed by atoms with Gasteiger partial charge < -0.3 is 14.8 Å². The molecular weight excluding hydrogens is 486 g/mol. The van der Waals surface area contributed by atoms with Gasteiger partial charge in [0.1, 0.15) is 10.1 Å². The number of nitrogens with one attached hydrogen (secondary N) is 1. The highest BCUT2D eigenvalue weighted by molar-refractivity contribution is 8.26. The molecule has 0 radical (unpaired) electrons. The molecule has 0 bridgehead atoms. The largest absolute Gasteiger partial charge is 0.454 e. The SMILES string of the molecule is O=C(NCCN1C(=O)/C(=C\c2ccc3c(c2)OCO3)SC1=S)c1cc(F)c(Cl)cc1Cl. The van der Waals surface area contributed by atoms with Crippen molar-refractivity contribution in [1.82, 2.24) is 10.2 Å². The molecule has 0 aliphatic carbocycles. The average Bonchev–Trinajstić information content (AvgIpc) is 3.30. The normalized spacial score (nSPS) is 16.4. The number of nitrogens with zero attached hydrogens (tertiary/aromatic N) is 1. The minimum atomic E-state index is -0.748. The van der Waals surface area contributed by atoms with Gasteiger partial charge >= 0.3 is 0 Å². The first-order valence-corrected chi connectivity index (χ1v) is 10.9. The summed E-state index contributed by atoms with van der Waals surface area (Å²) in [6.07, 6.45) is 1.72.